The number of aliphatic hydroxyl groups is 2. The van der Waals surface area contributed by atoms with Gasteiger partial charge in [0.05, 0.1) is 50.2 Å². The van der Waals surface area contributed by atoms with Gasteiger partial charge >= 0.3 is 6.03 Å². The van der Waals surface area contributed by atoms with E-state index in [1.165, 1.54) is 16.5 Å². The van der Waals surface area contributed by atoms with Crippen molar-refractivity contribution in [1.82, 2.24) is 20.2 Å². The molecule has 316 valence electrons. The van der Waals surface area contributed by atoms with Crippen molar-refractivity contribution in [1.29, 1.82) is 0 Å². The van der Waals surface area contributed by atoms with E-state index in [-0.39, 0.29) is 36.9 Å². The summed E-state index contributed by atoms with van der Waals surface area (Å²) in [7, 11) is 3.15. The molecule has 2 heterocycles. The zero-order valence-electron chi connectivity index (χ0n) is 35.3. The first kappa shape index (κ1) is 46.1. The molecule has 0 aliphatic carbocycles. The summed E-state index contributed by atoms with van der Waals surface area (Å²) >= 11 is 0. The number of methoxy groups -OCH3 is 2. The summed E-state index contributed by atoms with van der Waals surface area (Å²) in [5, 5.41) is 26.2. The van der Waals surface area contributed by atoms with E-state index in [1.54, 1.807) is 69.7 Å². The topological polar surface area (TPSA) is 198 Å². The van der Waals surface area contributed by atoms with Gasteiger partial charge in [-0.15, -0.1) is 0 Å². The van der Waals surface area contributed by atoms with Crippen molar-refractivity contribution in [2.75, 3.05) is 45.8 Å². The smallest absolute Gasteiger partial charge is 0.322 e. The van der Waals surface area contributed by atoms with Crippen LogP contribution in [-0.4, -0.2) is 77.7 Å². The number of aryl methyl sites for hydroxylation is 4. The average molecular weight is 819 g/mol. The van der Waals surface area contributed by atoms with Gasteiger partial charge in [-0.3, -0.25) is 9.59 Å². The Balaban J connectivity index is 0.000000224. The van der Waals surface area contributed by atoms with E-state index in [4.69, 9.17) is 14.6 Å². The van der Waals surface area contributed by atoms with Crippen LogP contribution in [0.4, 0.5) is 16.2 Å². The first-order valence-electron chi connectivity index (χ1n) is 19.4. The first-order valence-corrected chi connectivity index (χ1v) is 19.4. The molecule has 6 N–H and O–H groups in total. The number of ether oxygens (including phenoxy) is 2. The average Bonchev–Trinajstić information content (AvgIpc) is 3.23. The van der Waals surface area contributed by atoms with Crippen molar-refractivity contribution in [2.24, 2.45) is 4.99 Å². The number of urea groups is 1. The molecule has 0 saturated heterocycles. The molecule has 2 atom stereocenters. The number of rotatable bonds is 12. The number of pyridine rings is 2. The van der Waals surface area contributed by atoms with Crippen LogP contribution in [0.2, 0.25) is 0 Å². The maximum absolute atomic E-state index is 12.9. The lowest BCUT2D eigenvalue weighted by Crippen LogP contribution is -2.40. The molecule has 6 aromatic rings. The number of nitrogens with one attached hydrogen (secondary N) is 4. The lowest BCUT2D eigenvalue weighted by molar-refractivity contribution is 0.167. The maximum atomic E-state index is 12.9. The van der Waals surface area contributed by atoms with Gasteiger partial charge in [0.1, 0.15) is 11.5 Å². The van der Waals surface area contributed by atoms with Crippen LogP contribution in [0.15, 0.2) is 99.5 Å². The molecule has 0 saturated carbocycles. The minimum Gasteiger partial charge on any atom is -0.497 e. The summed E-state index contributed by atoms with van der Waals surface area (Å²) in [6.07, 6.45) is 1.46. The molecule has 0 radical (unpaired) electrons. The molecule has 60 heavy (non-hydrogen) atoms. The number of nitrogens with zero attached hydrogens (tertiary/aromatic N) is 2. The summed E-state index contributed by atoms with van der Waals surface area (Å²) in [5.74, 6) is 1.43. The number of aliphatic hydroxyl groups excluding tert-OH is 2. The third-order valence-electron chi connectivity index (χ3n) is 9.78. The Morgan fingerprint density at radius 2 is 1.25 bits per heavy atom. The lowest BCUT2D eigenvalue weighted by Gasteiger charge is -2.29. The SMILES string of the molecule is COc1ccc(N=C=O)cc1.COc1ccc(NC(=O)N(CCO)C(C)c2cc3cc(C)cc(C)c3[nH]c2=O)cc1.Cc1cc(C)c2[nH]c(=O)c(C(C)NCCO)cc2c1. The number of hydrogen-bond donors (Lipinski definition) is 6. The Bertz CT molecular complexity index is 2550. The number of H-pyrrole nitrogens is 2. The van der Waals surface area contributed by atoms with Crippen molar-refractivity contribution in [3.63, 3.8) is 0 Å². The van der Waals surface area contributed by atoms with Crippen molar-refractivity contribution in [3.05, 3.63) is 139 Å². The number of carbonyl (C=O) groups is 1. The number of aromatic nitrogens is 2. The molecular formula is C46H54N6O8. The standard InChI is InChI=1S/C23H27N3O4.C15H20N2O2.C8H7NO2/c1-14-11-15(2)21-17(12-14)13-20(22(28)25-21)16(3)26(9-10-27)23(29)24-18-5-7-19(30-4)8-6-18;1-9-6-10(2)14-12(7-9)8-13(15(19)17-14)11(3)16-4-5-18;1-11-8-4-2-7(3-5-8)9-6-10/h5-8,11-13,16,27H,9-10H2,1-4H3,(H,24,29)(H,25,28);6-8,11,16,18H,4-5H2,1-3H3,(H,17,19);2-5H,1H3. The van der Waals surface area contributed by atoms with Crippen LogP contribution in [-0.2, 0) is 4.79 Å². The second-order valence-electron chi connectivity index (χ2n) is 14.3. The molecule has 14 heteroatoms. The number of hydrogen-bond acceptors (Lipinski definition) is 10. The monoisotopic (exact) mass is 818 g/mol. The van der Waals surface area contributed by atoms with Gasteiger partial charge in [-0.25, -0.2) is 9.59 Å². The van der Waals surface area contributed by atoms with Gasteiger partial charge in [-0.2, -0.15) is 4.99 Å². The van der Waals surface area contributed by atoms with Crippen LogP contribution in [0, 0.1) is 27.7 Å². The first-order chi connectivity index (χ1) is 28.7. The second kappa shape index (κ2) is 22.0. The molecule has 2 aromatic heterocycles. The molecule has 6 rings (SSSR count). The Morgan fingerprint density at radius 3 is 1.73 bits per heavy atom. The van der Waals surface area contributed by atoms with Crippen molar-refractivity contribution in [2.45, 2.75) is 53.6 Å². The minimum atomic E-state index is -0.538. The normalized spacial score (nSPS) is 11.6. The van der Waals surface area contributed by atoms with Crippen LogP contribution in [0.3, 0.4) is 0 Å². The van der Waals surface area contributed by atoms with Gasteiger partial charge < -0.3 is 45.2 Å². The van der Waals surface area contributed by atoms with E-state index >= 15 is 0 Å². The summed E-state index contributed by atoms with van der Waals surface area (Å²) in [6.45, 7) is 12.1. The lowest BCUT2D eigenvalue weighted by atomic mass is 10.0. The Morgan fingerprint density at radius 1 is 0.750 bits per heavy atom. The summed E-state index contributed by atoms with van der Waals surface area (Å²) in [5.41, 5.74) is 8.05. The Labute approximate surface area is 348 Å². The zero-order chi connectivity index (χ0) is 43.9. The fraction of sp³-hybridized carbons (Fsp3) is 0.304. The maximum Gasteiger partial charge on any atom is 0.322 e. The number of isocyanates is 1. The van der Waals surface area contributed by atoms with Gasteiger partial charge in [0, 0.05) is 35.9 Å². The fourth-order valence-corrected chi connectivity index (χ4v) is 6.76. The molecule has 2 unspecified atom stereocenters. The molecule has 0 aliphatic heterocycles. The number of fused-ring (bicyclic) bond motifs is 2. The molecule has 4 aromatic carbocycles. The highest BCUT2D eigenvalue weighted by Crippen LogP contribution is 2.25. The van der Waals surface area contributed by atoms with Gasteiger partial charge in [-0.05, 0) is 136 Å². The number of benzene rings is 4. The van der Waals surface area contributed by atoms with E-state index < -0.39 is 12.1 Å². The molecule has 14 nitrogen and oxygen atoms in total. The van der Waals surface area contributed by atoms with E-state index in [0.29, 0.717) is 34.8 Å². The van der Waals surface area contributed by atoms with Gasteiger partial charge in [0.15, 0.2) is 0 Å². The quantitative estimate of drug-likeness (QED) is 0.0547. The molecule has 2 amide bonds. The fourth-order valence-electron chi connectivity index (χ4n) is 6.76. The molecule has 0 fully saturated rings. The predicted octanol–water partition coefficient (Wildman–Crippen LogP) is 7.19. The largest absolute Gasteiger partial charge is 0.497 e. The van der Waals surface area contributed by atoms with Crippen LogP contribution < -0.4 is 31.2 Å². The second-order valence-corrected chi connectivity index (χ2v) is 14.3. The van der Waals surface area contributed by atoms with E-state index in [1.807, 2.05) is 58.9 Å². The van der Waals surface area contributed by atoms with E-state index in [0.717, 1.165) is 44.2 Å². The highest BCUT2D eigenvalue weighted by Gasteiger charge is 2.24. The van der Waals surface area contributed by atoms with Crippen LogP contribution in [0.25, 0.3) is 21.8 Å². The summed E-state index contributed by atoms with van der Waals surface area (Å²) in [4.78, 5) is 58.4. The van der Waals surface area contributed by atoms with Gasteiger partial charge in [0.2, 0.25) is 6.08 Å². The number of carbonyl (C=O) groups excluding carboxylic acids is 2. The van der Waals surface area contributed by atoms with Crippen LogP contribution in [0.5, 0.6) is 11.5 Å². The Kier molecular flexibility index (Phi) is 16.9. The zero-order valence-corrected chi connectivity index (χ0v) is 35.3. The molecule has 0 spiro atoms. The highest BCUT2D eigenvalue weighted by atomic mass is 16.5. The molecular weight excluding hydrogens is 765 g/mol. The van der Waals surface area contributed by atoms with E-state index in [9.17, 15) is 24.3 Å². The van der Waals surface area contributed by atoms with E-state index in [2.05, 4.69) is 37.7 Å². The van der Waals surface area contributed by atoms with Crippen molar-refractivity contribution in [3.8, 4) is 11.5 Å². The number of aromatic amines is 2. The molecule has 0 aliphatic rings. The minimum absolute atomic E-state index is 0.0635. The number of amides is 2. The van der Waals surface area contributed by atoms with Crippen molar-refractivity contribution < 1.29 is 29.3 Å². The van der Waals surface area contributed by atoms with Crippen molar-refractivity contribution >= 4 is 45.3 Å². The number of aliphatic imine (C=N–C) groups is 1. The predicted molar refractivity (Wildman–Crippen MR) is 237 cm³/mol. The van der Waals surface area contributed by atoms with Gasteiger partial charge in [-0.1, -0.05) is 23.3 Å². The van der Waals surface area contributed by atoms with Gasteiger partial charge in [0.25, 0.3) is 11.1 Å². The molecule has 0 bridgehead atoms. The third-order valence-corrected chi connectivity index (χ3v) is 9.78. The third kappa shape index (κ3) is 12.2. The Hall–Kier alpha value is -6.57. The summed E-state index contributed by atoms with van der Waals surface area (Å²) in [6, 6.07) is 24.7. The summed E-state index contributed by atoms with van der Waals surface area (Å²) < 4.78 is 10.0. The van der Waals surface area contributed by atoms with Crippen LogP contribution in [0.1, 0.15) is 59.3 Å². The highest BCUT2D eigenvalue weighted by molar-refractivity contribution is 5.90. The number of anilines is 1. The van der Waals surface area contributed by atoms with Crippen LogP contribution >= 0.6 is 0 Å².